The molecule has 1 amide bonds. The number of aryl methyl sites for hydroxylation is 1. The molecular weight excluding hydrogens is 306 g/mol. The molecule has 6 heteroatoms. The maximum Gasteiger partial charge on any atom is 0.279 e. The van der Waals surface area contributed by atoms with Gasteiger partial charge < -0.3 is 10.2 Å². The van der Waals surface area contributed by atoms with Crippen LogP contribution in [0.5, 0.6) is 0 Å². The van der Waals surface area contributed by atoms with Gasteiger partial charge in [0.05, 0.1) is 23.7 Å². The smallest absolute Gasteiger partial charge is 0.279 e. The zero-order valence-electron chi connectivity index (χ0n) is 14.2. The number of amides is 1. The Morgan fingerprint density at radius 2 is 2.04 bits per heavy atom. The third-order valence-electron chi connectivity index (χ3n) is 5.60. The number of nitrogens with zero attached hydrogens (tertiary/aromatic N) is 1. The number of nitrogens with one attached hydrogen (secondary N) is 2. The van der Waals surface area contributed by atoms with Crippen LogP contribution in [-0.2, 0) is 4.79 Å². The number of quaternary nitrogens is 1. The molecule has 3 rings (SSSR count). The number of anilines is 1. The van der Waals surface area contributed by atoms with Crippen LogP contribution in [0.4, 0.5) is 11.4 Å². The molecule has 24 heavy (non-hydrogen) atoms. The van der Waals surface area contributed by atoms with Crippen LogP contribution in [0.3, 0.4) is 0 Å². The number of fused-ring (bicyclic) bond motifs is 1. The Morgan fingerprint density at radius 3 is 2.79 bits per heavy atom. The summed E-state index contributed by atoms with van der Waals surface area (Å²) in [4.78, 5) is 24.2. The fourth-order valence-corrected chi connectivity index (χ4v) is 4.24. The van der Waals surface area contributed by atoms with Crippen LogP contribution in [0, 0.1) is 28.9 Å². The quantitative estimate of drug-likeness (QED) is 0.653. The molecule has 6 nitrogen and oxygen atoms in total. The maximum atomic E-state index is 12.4. The van der Waals surface area contributed by atoms with Gasteiger partial charge in [-0.2, -0.15) is 0 Å². The monoisotopic (exact) mass is 332 g/mol. The fourth-order valence-electron chi connectivity index (χ4n) is 4.24. The number of carbonyl (C=O) groups excluding carboxylic acids is 1. The summed E-state index contributed by atoms with van der Waals surface area (Å²) in [5.74, 6) is 1.59. The third kappa shape index (κ3) is 3.93. The van der Waals surface area contributed by atoms with E-state index in [1.807, 2.05) is 6.92 Å². The molecule has 1 aromatic carbocycles. The van der Waals surface area contributed by atoms with Gasteiger partial charge in [-0.25, -0.2) is 0 Å². The third-order valence-corrected chi connectivity index (χ3v) is 5.60. The summed E-state index contributed by atoms with van der Waals surface area (Å²) in [5.41, 5.74) is 1.39. The van der Waals surface area contributed by atoms with Crippen molar-refractivity contribution in [1.29, 1.82) is 0 Å². The Morgan fingerprint density at radius 1 is 1.29 bits per heavy atom. The second-order valence-corrected chi connectivity index (χ2v) is 7.28. The summed E-state index contributed by atoms with van der Waals surface area (Å²) in [6.07, 6.45) is 6.58. The Balaban J connectivity index is 1.58. The number of hydrogen-bond acceptors (Lipinski definition) is 3. The molecule has 130 valence electrons. The highest BCUT2D eigenvalue weighted by atomic mass is 16.6. The van der Waals surface area contributed by atoms with E-state index in [2.05, 4.69) is 5.32 Å². The molecule has 2 N–H and O–H groups in total. The molecule has 1 saturated heterocycles. The lowest BCUT2D eigenvalue weighted by Crippen LogP contribution is -3.15. The van der Waals surface area contributed by atoms with Crippen LogP contribution in [0.1, 0.15) is 37.7 Å². The van der Waals surface area contributed by atoms with Gasteiger partial charge in [-0.15, -0.1) is 0 Å². The van der Waals surface area contributed by atoms with E-state index in [0.29, 0.717) is 12.2 Å². The molecule has 2 aliphatic rings. The summed E-state index contributed by atoms with van der Waals surface area (Å²) in [5, 5.41) is 13.8. The van der Waals surface area contributed by atoms with Crippen molar-refractivity contribution in [3.63, 3.8) is 0 Å². The Hall–Kier alpha value is -1.95. The molecule has 1 aliphatic heterocycles. The number of piperidine rings is 1. The van der Waals surface area contributed by atoms with Gasteiger partial charge >= 0.3 is 0 Å². The van der Waals surface area contributed by atoms with E-state index in [9.17, 15) is 14.9 Å². The molecular formula is C18H26N3O3+. The van der Waals surface area contributed by atoms with Crippen LogP contribution in [0.25, 0.3) is 0 Å². The van der Waals surface area contributed by atoms with Crippen LogP contribution >= 0.6 is 0 Å². The Labute approximate surface area is 142 Å². The lowest BCUT2D eigenvalue weighted by Gasteiger charge is -2.38. The SMILES string of the molecule is Cc1ccc([N+](=O)[O-])cc1NC(=O)C[NH+]1CC[C@@H]2CCCC[C@@H]2C1. The highest BCUT2D eigenvalue weighted by molar-refractivity contribution is 5.92. The van der Waals surface area contributed by atoms with Crippen molar-refractivity contribution >= 4 is 17.3 Å². The number of nitro benzene ring substituents is 1. The largest absolute Gasteiger partial charge is 0.327 e. The molecule has 0 bridgehead atoms. The standard InChI is InChI=1S/C18H25N3O3/c1-13-6-7-16(21(23)24)10-17(13)19-18(22)12-20-9-8-14-4-2-3-5-15(14)11-20/h6-7,10,14-15H,2-5,8-9,11-12H2,1H3,(H,19,22)/p+1/t14-,15+/m0/s1. The predicted molar refractivity (Wildman–Crippen MR) is 92.1 cm³/mol. The van der Waals surface area contributed by atoms with E-state index in [1.54, 1.807) is 6.07 Å². The highest BCUT2D eigenvalue weighted by Gasteiger charge is 2.34. The number of nitro groups is 1. The van der Waals surface area contributed by atoms with Gasteiger partial charge in [0.25, 0.3) is 11.6 Å². The van der Waals surface area contributed by atoms with Crippen molar-refractivity contribution in [2.45, 2.75) is 39.0 Å². The second kappa shape index (κ2) is 7.30. The summed E-state index contributed by atoms with van der Waals surface area (Å²) in [6.45, 7) is 4.44. The molecule has 3 atom stereocenters. The minimum absolute atomic E-state index is 0.00580. The lowest BCUT2D eigenvalue weighted by molar-refractivity contribution is -0.902. The Kier molecular flexibility index (Phi) is 5.14. The van der Waals surface area contributed by atoms with E-state index in [4.69, 9.17) is 0 Å². The summed E-state index contributed by atoms with van der Waals surface area (Å²) >= 11 is 0. The Bertz CT molecular complexity index is 632. The first-order chi connectivity index (χ1) is 11.5. The molecule has 1 unspecified atom stereocenters. The average molecular weight is 332 g/mol. The highest BCUT2D eigenvalue weighted by Crippen LogP contribution is 2.32. The zero-order chi connectivity index (χ0) is 17.1. The first-order valence-corrected chi connectivity index (χ1v) is 8.91. The van der Waals surface area contributed by atoms with E-state index in [1.165, 1.54) is 49.1 Å². The number of benzene rings is 1. The number of carbonyl (C=O) groups is 1. The molecule has 0 radical (unpaired) electrons. The van der Waals surface area contributed by atoms with Crippen molar-refractivity contribution in [3.05, 3.63) is 33.9 Å². The topological polar surface area (TPSA) is 76.7 Å². The van der Waals surface area contributed by atoms with Crippen LogP contribution < -0.4 is 10.2 Å². The van der Waals surface area contributed by atoms with Gasteiger partial charge in [0.1, 0.15) is 0 Å². The number of likely N-dealkylation sites (tertiary alicyclic amines) is 1. The summed E-state index contributed by atoms with van der Waals surface area (Å²) in [6, 6.07) is 4.58. The first-order valence-electron chi connectivity index (χ1n) is 8.91. The van der Waals surface area contributed by atoms with E-state index in [0.717, 1.165) is 30.5 Å². The van der Waals surface area contributed by atoms with Gasteiger partial charge in [0.2, 0.25) is 0 Å². The maximum absolute atomic E-state index is 12.4. The van der Waals surface area contributed by atoms with Gasteiger partial charge in [0.15, 0.2) is 6.54 Å². The van der Waals surface area contributed by atoms with Gasteiger partial charge in [-0.05, 0) is 37.7 Å². The molecule has 2 fully saturated rings. The number of hydrogen-bond donors (Lipinski definition) is 2. The van der Waals surface area contributed by atoms with Crippen molar-refractivity contribution in [3.8, 4) is 0 Å². The second-order valence-electron chi connectivity index (χ2n) is 7.28. The minimum Gasteiger partial charge on any atom is -0.327 e. The van der Waals surface area contributed by atoms with Gasteiger partial charge in [-0.3, -0.25) is 14.9 Å². The van der Waals surface area contributed by atoms with Crippen molar-refractivity contribution in [2.75, 3.05) is 25.0 Å². The van der Waals surface area contributed by atoms with E-state index in [-0.39, 0.29) is 11.6 Å². The summed E-state index contributed by atoms with van der Waals surface area (Å²) in [7, 11) is 0. The van der Waals surface area contributed by atoms with Crippen LogP contribution in [0.15, 0.2) is 18.2 Å². The predicted octanol–water partition coefficient (Wildman–Crippen LogP) is 1.94. The molecule has 1 aliphatic carbocycles. The van der Waals surface area contributed by atoms with Gasteiger partial charge in [0, 0.05) is 18.1 Å². The molecule has 0 aromatic heterocycles. The molecule has 0 spiro atoms. The van der Waals surface area contributed by atoms with Crippen LogP contribution in [-0.4, -0.2) is 30.5 Å². The number of rotatable bonds is 4. The van der Waals surface area contributed by atoms with E-state index >= 15 is 0 Å². The van der Waals surface area contributed by atoms with E-state index < -0.39 is 4.92 Å². The van der Waals surface area contributed by atoms with Gasteiger partial charge in [-0.1, -0.05) is 18.9 Å². The lowest BCUT2D eigenvalue weighted by atomic mass is 9.75. The molecule has 1 aromatic rings. The van der Waals surface area contributed by atoms with Crippen LogP contribution in [0.2, 0.25) is 0 Å². The normalized spacial score (nSPS) is 26.5. The fraction of sp³-hybridized carbons (Fsp3) is 0.611. The average Bonchev–Trinajstić information content (AvgIpc) is 2.56. The first kappa shape index (κ1) is 16.9. The number of non-ortho nitro benzene ring substituents is 1. The minimum atomic E-state index is -0.436. The van der Waals surface area contributed by atoms with Crippen molar-refractivity contribution < 1.29 is 14.6 Å². The van der Waals surface area contributed by atoms with Crippen molar-refractivity contribution in [2.24, 2.45) is 11.8 Å². The molecule has 1 saturated carbocycles. The zero-order valence-corrected chi connectivity index (χ0v) is 14.2. The van der Waals surface area contributed by atoms with Crippen molar-refractivity contribution in [1.82, 2.24) is 0 Å². The molecule has 1 heterocycles. The summed E-state index contributed by atoms with van der Waals surface area (Å²) < 4.78 is 0.